The second-order valence-corrected chi connectivity index (χ2v) is 9.96. The van der Waals surface area contributed by atoms with Gasteiger partial charge in [0.25, 0.3) is 0 Å². The molecule has 2 atom stereocenters. The predicted octanol–water partition coefficient (Wildman–Crippen LogP) is 5.17. The number of likely N-dealkylation sites (tertiary alicyclic amines) is 1. The third-order valence-electron chi connectivity index (χ3n) is 7.64. The topological polar surface area (TPSA) is 43.9 Å². The van der Waals surface area contributed by atoms with Gasteiger partial charge in [-0.3, -0.25) is 4.79 Å². The number of carbonyl (C=O) groups is 2. The molecule has 0 bridgehead atoms. The van der Waals surface area contributed by atoms with E-state index < -0.39 is 11.6 Å². The Balaban J connectivity index is 1.36. The number of rotatable bonds is 4. The summed E-state index contributed by atoms with van der Waals surface area (Å²) in [6.07, 6.45) is 0.830. The molecule has 2 fully saturated rings. The molecule has 3 amide bonds. The molecule has 0 saturated carbocycles. The first kappa shape index (κ1) is 24.9. The quantitative estimate of drug-likeness (QED) is 0.493. The summed E-state index contributed by atoms with van der Waals surface area (Å²) in [6, 6.07) is 21.5. The maximum Gasteiger partial charge on any atom is 0.320 e. The molecule has 3 aromatic rings. The monoisotopic (exact) mass is 503 g/mol. The van der Waals surface area contributed by atoms with E-state index in [4.69, 9.17) is 0 Å². The van der Waals surface area contributed by atoms with Gasteiger partial charge in [-0.05, 0) is 41.2 Å². The van der Waals surface area contributed by atoms with Gasteiger partial charge in [-0.1, -0.05) is 60.7 Å². The van der Waals surface area contributed by atoms with E-state index >= 15 is 0 Å². The third kappa shape index (κ3) is 5.36. The Morgan fingerprint density at radius 3 is 2.00 bits per heavy atom. The molecule has 37 heavy (non-hydrogen) atoms. The standard InChI is InChI=1S/C30H31F2N3O2/c1-21(36)33-14-16-34(17-15-33)30(37)35-19-25(18-22-6-3-2-4-7-22)26(20-35)23-10-12-24(13-11-23)29-27(31)8-5-9-28(29)32/h2-13,25-26H,14-20H2,1H3/t25-,26+/m1/s1. The lowest BCUT2D eigenvalue weighted by Gasteiger charge is -2.36. The normalized spacial score (nSPS) is 19.8. The first-order valence-electron chi connectivity index (χ1n) is 12.8. The molecule has 2 heterocycles. The van der Waals surface area contributed by atoms with E-state index in [1.807, 2.05) is 40.1 Å². The van der Waals surface area contributed by atoms with Gasteiger partial charge in [-0.2, -0.15) is 0 Å². The molecular weight excluding hydrogens is 472 g/mol. The van der Waals surface area contributed by atoms with Crippen molar-refractivity contribution in [2.45, 2.75) is 19.3 Å². The first-order valence-corrected chi connectivity index (χ1v) is 12.8. The molecule has 0 aliphatic carbocycles. The molecule has 2 saturated heterocycles. The summed E-state index contributed by atoms with van der Waals surface area (Å²) >= 11 is 0. The summed E-state index contributed by atoms with van der Waals surface area (Å²) in [7, 11) is 0. The molecule has 0 aromatic heterocycles. The van der Waals surface area contributed by atoms with Crippen LogP contribution in [0.15, 0.2) is 72.8 Å². The summed E-state index contributed by atoms with van der Waals surface area (Å²) in [6.45, 7) is 4.95. The number of urea groups is 1. The number of benzene rings is 3. The molecule has 0 unspecified atom stereocenters. The molecule has 3 aromatic carbocycles. The van der Waals surface area contributed by atoms with E-state index in [2.05, 4.69) is 12.1 Å². The Labute approximate surface area is 216 Å². The average molecular weight is 504 g/mol. The van der Waals surface area contributed by atoms with Crippen LogP contribution in [0, 0.1) is 17.6 Å². The van der Waals surface area contributed by atoms with Crippen LogP contribution in [-0.4, -0.2) is 65.9 Å². The van der Waals surface area contributed by atoms with Crippen LogP contribution in [-0.2, 0) is 11.2 Å². The Kier molecular flexibility index (Phi) is 7.22. The van der Waals surface area contributed by atoms with E-state index in [1.165, 1.54) is 23.8 Å². The van der Waals surface area contributed by atoms with E-state index in [0.29, 0.717) is 44.8 Å². The molecular formula is C30H31F2N3O2. The zero-order valence-electron chi connectivity index (χ0n) is 20.9. The van der Waals surface area contributed by atoms with Crippen LogP contribution >= 0.6 is 0 Å². The Morgan fingerprint density at radius 2 is 1.38 bits per heavy atom. The molecule has 0 spiro atoms. The molecule has 7 heteroatoms. The fraction of sp³-hybridized carbons (Fsp3) is 0.333. The highest BCUT2D eigenvalue weighted by Gasteiger charge is 2.38. The SMILES string of the molecule is CC(=O)N1CCN(C(=O)N2C[C@@H](Cc3ccccc3)[C@H](c3ccc(-c4c(F)cccc4F)cc3)C2)CC1. The molecule has 0 N–H and O–H groups in total. The zero-order chi connectivity index (χ0) is 25.9. The first-order chi connectivity index (χ1) is 17.9. The summed E-state index contributed by atoms with van der Waals surface area (Å²) < 4.78 is 28.6. The van der Waals surface area contributed by atoms with Crippen molar-refractivity contribution < 1.29 is 18.4 Å². The van der Waals surface area contributed by atoms with Gasteiger partial charge in [0.1, 0.15) is 11.6 Å². The van der Waals surface area contributed by atoms with Crippen molar-refractivity contribution in [2.24, 2.45) is 5.92 Å². The molecule has 5 rings (SSSR count). The molecule has 0 radical (unpaired) electrons. The van der Waals surface area contributed by atoms with Crippen LogP contribution in [0.1, 0.15) is 24.0 Å². The highest BCUT2D eigenvalue weighted by molar-refractivity contribution is 5.77. The maximum atomic E-state index is 14.3. The van der Waals surface area contributed by atoms with Gasteiger partial charge in [0.2, 0.25) is 5.91 Å². The van der Waals surface area contributed by atoms with Crippen molar-refractivity contribution in [3.05, 3.63) is 95.6 Å². The number of halogens is 2. The molecule has 2 aliphatic rings. The Bertz CT molecular complexity index is 1240. The smallest absolute Gasteiger partial charge is 0.320 e. The highest BCUT2D eigenvalue weighted by Crippen LogP contribution is 2.37. The lowest BCUT2D eigenvalue weighted by molar-refractivity contribution is -0.130. The van der Waals surface area contributed by atoms with Crippen molar-refractivity contribution in [2.75, 3.05) is 39.3 Å². The Morgan fingerprint density at radius 1 is 0.757 bits per heavy atom. The number of hydrogen-bond donors (Lipinski definition) is 0. The van der Waals surface area contributed by atoms with E-state index in [-0.39, 0.29) is 29.3 Å². The van der Waals surface area contributed by atoms with Crippen LogP contribution in [0.3, 0.4) is 0 Å². The van der Waals surface area contributed by atoms with Crippen molar-refractivity contribution in [1.82, 2.24) is 14.7 Å². The number of nitrogens with zero attached hydrogens (tertiary/aromatic N) is 3. The lowest BCUT2D eigenvalue weighted by Crippen LogP contribution is -2.53. The summed E-state index contributed by atoms with van der Waals surface area (Å²) in [5.41, 5.74) is 2.74. The Hall–Kier alpha value is -3.74. The fourth-order valence-corrected chi connectivity index (χ4v) is 5.61. The van der Waals surface area contributed by atoms with Gasteiger partial charge in [0, 0.05) is 52.1 Å². The van der Waals surface area contributed by atoms with Gasteiger partial charge >= 0.3 is 6.03 Å². The van der Waals surface area contributed by atoms with Gasteiger partial charge in [-0.25, -0.2) is 13.6 Å². The minimum atomic E-state index is -0.586. The molecule has 2 aliphatic heterocycles. The molecule has 192 valence electrons. The fourth-order valence-electron chi connectivity index (χ4n) is 5.61. The van der Waals surface area contributed by atoms with Crippen molar-refractivity contribution in [3.63, 3.8) is 0 Å². The van der Waals surface area contributed by atoms with Gasteiger partial charge in [0.05, 0.1) is 5.56 Å². The highest BCUT2D eigenvalue weighted by atomic mass is 19.1. The van der Waals surface area contributed by atoms with Crippen molar-refractivity contribution >= 4 is 11.9 Å². The number of carbonyl (C=O) groups excluding carboxylic acids is 2. The van der Waals surface area contributed by atoms with Crippen LogP contribution in [0.4, 0.5) is 13.6 Å². The maximum absolute atomic E-state index is 14.3. The summed E-state index contributed by atoms with van der Waals surface area (Å²) in [4.78, 5) is 30.6. The van der Waals surface area contributed by atoms with E-state index in [1.54, 1.807) is 24.0 Å². The lowest BCUT2D eigenvalue weighted by atomic mass is 9.84. The second kappa shape index (κ2) is 10.7. The van der Waals surface area contributed by atoms with Gasteiger partial charge in [0.15, 0.2) is 0 Å². The van der Waals surface area contributed by atoms with E-state index in [0.717, 1.165) is 12.0 Å². The average Bonchev–Trinajstić information content (AvgIpc) is 3.33. The third-order valence-corrected chi connectivity index (χ3v) is 7.64. The summed E-state index contributed by atoms with van der Waals surface area (Å²) in [5, 5.41) is 0. The molecule has 5 nitrogen and oxygen atoms in total. The number of piperazine rings is 1. The van der Waals surface area contributed by atoms with Gasteiger partial charge < -0.3 is 14.7 Å². The van der Waals surface area contributed by atoms with Gasteiger partial charge in [-0.15, -0.1) is 0 Å². The van der Waals surface area contributed by atoms with Crippen LogP contribution in [0.2, 0.25) is 0 Å². The van der Waals surface area contributed by atoms with Crippen molar-refractivity contribution in [1.29, 1.82) is 0 Å². The number of amides is 3. The predicted molar refractivity (Wildman–Crippen MR) is 139 cm³/mol. The van der Waals surface area contributed by atoms with Crippen molar-refractivity contribution in [3.8, 4) is 11.1 Å². The second-order valence-electron chi connectivity index (χ2n) is 9.96. The van der Waals surface area contributed by atoms with Crippen LogP contribution < -0.4 is 0 Å². The van der Waals surface area contributed by atoms with E-state index in [9.17, 15) is 18.4 Å². The zero-order valence-corrected chi connectivity index (χ0v) is 20.9. The minimum Gasteiger partial charge on any atom is -0.339 e. The summed E-state index contributed by atoms with van der Waals surface area (Å²) in [5.74, 6) is -0.826. The van der Waals surface area contributed by atoms with Crippen LogP contribution in [0.5, 0.6) is 0 Å². The largest absolute Gasteiger partial charge is 0.339 e. The minimum absolute atomic E-state index is 0.00816. The van der Waals surface area contributed by atoms with Crippen LogP contribution in [0.25, 0.3) is 11.1 Å². The number of hydrogen-bond acceptors (Lipinski definition) is 2.